The van der Waals surface area contributed by atoms with Crippen LogP contribution in [0.1, 0.15) is 24.7 Å². The fraction of sp³-hybridized carbons (Fsp3) is 0.385. The normalized spacial score (nSPS) is 19.6. The summed E-state index contributed by atoms with van der Waals surface area (Å²) in [5.41, 5.74) is 0.570. The van der Waals surface area contributed by atoms with Gasteiger partial charge in [0.05, 0.1) is 10.9 Å². The summed E-state index contributed by atoms with van der Waals surface area (Å²) < 4.78 is 18.7. The molecule has 3 rings (SSSR count). The van der Waals surface area contributed by atoms with Crippen molar-refractivity contribution in [3.05, 3.63) is 34.9 Å². The number of hydrogen-bond donors (Lipinski definition) is 1. The summed E-state index contributed by atoms with van der Waals surface area (Å²) in [5, 5.41) is 7.29. The van der Waals surface area contributed by atoms with Crippen LogP contribution in [-0.2, 0) is 0 Å². The van der Waals surface area contributed by atoms with Crippen LogP contribution in [0.3, 0.4) is 0 Å². The van der Waals surface area contributed by atoms with Crippen LogP contribution in [0.2, 0.25) is 5.02 Å². The van der Waals surface area contributed by atoms with Crippen LogP contribution in [0.5, 0.6) is 0 Å². The zero-order valence-electron chi connectivity index (χ0n) is 10.2. The standard InChI is InChI=1S/C13H13ClFN3O/c14-10-4-3-8(6-11(10)15)12-17-13(19-18-12)9-2-1-5-16-7-9/h3-4,6,9,16H,1-2,5,7H2/t9-/m1/s1. The van der Waals surface area contributed by atoms with Gasteiger partial charge in [-0.05, 0) is 37.6 Å². The Balaban J connectivity index is 1.85. The van der Waals surface area contributed by atoms with Crippen molar-refractivity contribution in [1.82, 2.24) is 15.5 Å². The minimum atomic E-state index is -0.482. The predicted molar refractivity (Wildman–Crippen MR) is 69.5 cm³/mol. The highest BCUT2D eigenvalue weighted by molar-refractivity contribution is 6.30. The third-order valence-corrected chi connectivity index (χ3v) is 3.57. The van der Waals surface area contributed by atoms with Gasteiger partial charge in [-0.1, -0.05) is 16.8 Å². The molecule has 0 unspecified atom stereocenters. The molecule has 2 heterocycles. The number of rotatable bonds is 2. The van der Waals surface area contributed by atoms with Gasteiger partial charge in [-0.25, -0.2) is 4.39 Å². The Morgan fingerprint density at radius 1 is 1.42 bits per heavy atom. The lowest BCUT2D eigenvalue weighted by Crippen LogP contribution is -2.28. The molecule has 1 N–H and O–H groups in total. The van der Waals surface area contributed by atoms with E-state index < -0.39 is 5.82 Å². The maximum absolute atomic E-state index is 13.4. The quantitative estimate of drug-likeness (QED) is 0.919. The molecule has 0 amide bonds. The molecule has 1 aromatic heterocycles. The van der Waals surface area contributed by atoms with Crippen molar-refractivity contribution in [3.63, 3.8) is 0 Å². The third kappa shape index (κ3) is 2.62. The van der Waals surface area contributed by atoms with E-state index in [9.17, 15) is 4.39 Å². The number of hydrogen-bond acceptors (Lipinski definition) is 4. The van der Waals surface area contributed by atoms with Gasteiger partial charge in [0, 0.05) is 12.1 Å². The summed E-state index contributed by atoms with van der Waals surface area (Å²) in [6.07, 6.45) is 2.13. The summed E-state index contributed by atoms with van der Waals surface area (Å²) in [5.74, 6) is 0.769. The van der Waals surface area contributed by atoms with Crippen molar-refractivity contribution in [3.8, 4) is 11.4 Å². The van der Waals surface area contributed by atoms with E-state index in [4.69, 9.17) is 16.1 Å². The topological polar surface area (TPSA) is 51.0 Å². The molecule has 1 aromatic carbocycles. The van der Waals surface area contributed by atoms with Crippen molar-refractivity contribution in [2.45, 2.75) is 18.8 Å². The Morgan fingerprint density at radius 2 is 2.32 bits per heavy atom. The molecule has 4 nitrogen and oxygen atoms in total. The Hall–Kier alpha value is -1.46. The summed E-state index contributed by atoms with van der Waals surface area (Å²) in [6.45, 7) is 1.87. The smallest absolute Gasteiger partial charge is 0.231 e. The van der Waals surface area contributed by atoms with E-state index in [1.54, 1.807) is 6.07 Å². The van der Waals surface area contributed by atoms with Crippen LogP contribution in [0, 0.1) is 5.82 Å². The first-order chi connectivity index (χ1) is 9.24. The molecule has 0 spiro atoms. The molecule has 1 aliphatic rings. The number of piperidine rings is 1. The van der Waals surface area contributed by atoms with E-state index in [1.807, 2.05) is 0 Å². The van der Waals surface area contributed by atoms with Gasteiger partial charge in [0.25, 0.3) is 0 Å². The van der Waals surface area contributed by atoms with E-state index >= 15 is 0 Å². The maximum Gasteiger partial charge on any atom is 0.231 e. The lowest BCUT2D eigenvalue weighted by Gasteiger charge is -2.18. The lowest BCUT2D eigenvalue weighted by atomic mass is 10.00. The van der Waals surface area contributed by atoms with Crippen LogP contribution < -0.4 is 5.32 Å². The molecule has 1 atom stereocenters. The Morgan fingerprint density at radius 3 is 3.05 bits per heavy atom. The minimum Gasteiger partial charge on any atom is -0.339 e. The molecule has 1 fully saturated rings. The first-order valence-corrected chi connectivity index (χ1v) is 6.61. The van der Waals surface area contributed by atoms with Gasteiger partial charge in [0.2, 0.25) is 11.7 Å². The monoisotopic (exact) mass is 281 g/mol. The Labute approximate surface area is 115 Å². The third-order valence-electron chi connectivity index (χ3n) is 3.27. The van der Waals surface area contributed by atoms with E-state index in [2.05, 4.69) is 15.5 Å². The summed E-state index contributed by atoms with van der Waals surface area (Å²) in [4.78, 5) is 4.35. The van der Waals surface area contributed by atoms with E-state index in [-0.39, 0.29) is 10.9 Å². The number of halogens is 2. The average Bonchev–Trinajstić information content (AvgIpc) is 2.93. The summed E-state index contributed by atoms with van der Waals surface area (Å²) in [6, 6.07) is 4.49. The minimum absolute atomic E-state index is 0.0870. The molecule has 1 aliphatic heterocycles. The van der Waals surface area contributed by atoms with Crippen LogP contribution in [0.25, 0.3) is 11.4 Å². The highest BCUT2D eigenvalue weighted by Crippen LogP contribution is 2.26. The second-order valence-corrected chi connectivity index (χ2v) is 5.04. The molecular weight excluding hydrogens is 269 g/mol. The van der Waals surface area contributed by atoms with Crippen LogP contribution in [-0.4, -0.2) is 23.2 Å². The number of aromatic nitrogens is 2. The summed E-state index contributed by atoms with van der Waals surface area (Å²) >= 11 is 5.65. The van der Waals surface area contributed by atoms with E-state index in [0.29, 0.717) is 17.3 Å². The van der Waals surface area contributed by atoms with Crippen molar-refractivity contribution >= 4 is 11.6 Å². The van der Waals surface area contributed by atoms with Crippen molar-refractivity contribution in [2.75, 3.05) is 13.1 Å². The highest BCUT2D eigenvalue weighted by atomic mass is 35.5. The van der Waals surface area contributed by atoms with Gasteiger partial charge < -0.3 is 9.84 Å². The van der Waals surface area contributed by atoms with E-state index in [1.165, 1.54) is 12.1 Å². The van der Waals surface area contributed by atoms with Gasteiger partial charge in [0.15, 0.2) is 0 Å². The number of nitrogens with one attached hydrogen (secondary N) is 1. The summed E-state index contributed by atoms with van der Waals surface area (Å²) in [7, 11) is 0. The molecule has 0 bridgehead atoms. The molecule has 0 aliphatic carbocycles. The van der Waals surface area contributed by atoms with Crippen LogP contribution in [0.4, 0.5) is 4.39 Å². The Bertz CT molecular complexity index is 581. The number of nitrogens with zero attached hydrogens (tertiary/aromatic N) is 2. The van der Waals surface area contributed by atoms with Gasteiger partial charge in [0.1, 0.15) is 5.82 Å². The zero-order chi connectivity index (χ0) is 13.2. The van der Waals surface area contributed by atoms with E-state index in [0.717, 1.165) is 25.9 Å². The first kappa shape index (κ1) is 12.6. The fourth-order valence-electron chi connectivity index (χ4n) is 2.22. The first-order valence-electron chi connectivity index (χ1n) is 6.24. The predicted octanol–water partition coefficient (Wildman–Crippen LogP) is 3.00. The molecular formula is C13H13ClFN3O. The molecule has 6 heteroatoms. The van der Waals surface area contributed by atoms with Gasteiger partial charge in [-0.15, -0.1) is 0 Å². The van der Waals surface area contributed by atoms with Gasteiger partial charge in [-0.3, -0.25) is 0 Å². The second-order valence-electron chi connectivity index (χ2n) is 4.63. The Kier molecular flexibility index (Phi) is 3.48. The lowest BCUT2D eigenvalue weighted by molar-refractivity contribution is 0.322. The molecule has 0 radical (unpaired) electrons. The van der Waals surface area contributed by atoms with Crippen molar-refractivity contribution in [1.29, 1.82) is 0 Å². The van der Waals surface area contributed by atoms with Gasteiger partial charge in [-0.2, -0.15) is 4.98 Å². The average molecular weight is 282 g/mol. The molecule has 19 heavy (non-hydrogen) atoms. The maximum atomic E-state index is 13.4. The SMILES string of the molecule is Fc1cc(-c2noc([C@@H]3CCCNC3)n2)ccc1Cl. The zero-order valence-corrected chi connectivity index (χ0v) is 11.0. The molecule has 100 valence electrons. The van der Waals surface area contributed by atoms with Gasteiger partial charge >= 0.3 is 0 Å². The molecule has 2 aromatic rings. The van der Waals surface area contributed by atoms with Crippen LogP contribution >= 0.6 is 11.6 Å². The van der Waals surface area contributed by atoms with Crippen molar-refractivity contribution < 1.29 is 8.91 Å². The number of benzene rings is 1. The van der Waals surface area contributed by atoms with Crippen LogP contribution in [0.15, 0.2) is 22.7 Å². The molecule has 0 saturated carbocycles. The second kappa shape index (κ2) is 5.27. The van der Waals surface area contributed by atoms with Crippen molar-refractivity contribution in [2.24, 2.45) is 0 Å². The highest BCUT2D eigenvalue weighted by Gasteiger charge is 2.21. The fourth-order valence-corrected chi connectivity index (χ4v) is 2.33. The molecule has 1 saturated heterocycles. The largest absolute Gasteiger partial charge is 0.339 e.